The Bertz CT molecular complexity index is 352. The first-order chi connectivity index (χ1) is 6.87. The summed E-state index contributed by atoms with van der Waals surface area (Å²) in [4.78, 5) is 5.46. The number of guanidine groups is 1. The van der Waals surface area contributed by atoms with Gasteiger partial charge in [0.15, 0.2) is 5.96 Å². The Kier molecular flexibility index (Phi) is 4.16. The standard InChI is InChI=1S/C10H16BrN3S/c1-10(2,3)14-9(12)13-6-7-4-5-8(11)15-7/h4-5H,6H2,1-3H3,(H3,12,13,14). The van der Waals surface area contributed by atoms with Gasteiger partial charge in [0.25, 0.3) is 0 Å². The molecule has 1 aromatic heterocycles. The maximum atomic E-state index is 5.75. The van der Waals surface area contributed by atoms with E-state index in [-0.39, 0.29) is 5.54 Å². The number of thiophene rings is 1. The van der Waals surface area contributed by atoms with Gasteiger partial charge in [-0.15, -0.1) is 11.3 Å². The minimum absolute atomic E-state index is 0.0381. The van der Waals surface area contributed by atoms with E-state index in [4.69, 9.17) is 5.73 Å². The van der Waals surface area contributed by atoms with Crippen LogP contribution in [0.15, 0.2) is 20.9 Å². The van der Waals surface area contributed by atoms with Crippen molar-refractivity contribution in [2.75, 3.05) is 0 Å². The number of rotatable bonds is 2. The van der Waals surface area contributed by atoms with E-state index in [0.717, 1.165) is 3.79 Å². The summed E-state index contributed by atoms with van der Waals surface area (Å²) < 4.78 is 1.12. The molecule has 3 nitrogen and oxygen atoms in total. The van der Waals surface area contributed by atoms with Crippen LogP contribution in [0.4, 0.5) is 0 Å². The molecule has 0 spiro atoms. The lowest BCUT2D eigenvalue weighted by atomic mass is 10.1. The fourth-order valence-electron chi connectivity index (χ4n) is 1.02. The van der Waals surface area contributed by atoms with E-state index < -0.39 is 0 Å². The summed E-state index contributed by atoms with van der Waals surface area (Å²) in [6.45, 7) is 6.79. The van der Waals surface area contributed by atoms with Crippen LogP contribution in [0.1, 0.15) is 25.6 Å². The fraction of sp³-hybridized carbons (Fsp3) is 0.500. The number of nitrogens with zero attached hydrogens (tertiary/aromatic N) is 1. The average Bonchev–Trinajstić information content (AvgIpc) is 2.45. The number of aliphatic imine (C=N–C) groups is 1. The lowest BCUT2D eigenvalue weighted by Crippen LogP contribution is -2.44. The van der Waals surface area contributed by atoms with Crippen LogP contribution < -0.4 is 11.1 Å². The molecule has 0 unspecified atom stereocenters. The highest BCUT2D eigenvalue weighted by molar-refractivity contribution is 9.11. The summed E-state index contributed by atoms with van der Waals surface area (Å²) in [6.07, 6.45) is 0. The minimum atomic E-state index is -0.0381. The molecule has 0 aliphatic heterocycles. The molecule has 3 N–H and O–H groups in total. The molecule has 84 valence electrons. The van der Waals surface area contributed by atoms with Crippen molar-refractivity contribution in [1.29, 1.82) is 0 Å². The van der Waals surface area contributed by atoms with Gasteiger partial charge < -0.3 is 11.1 Å². The van der Waals surface area contributed by atoms with Crippen LogP contribution in [0.2, 0.25) is 0 Å². The molecule has 0 radical (unpaired) electrons. The van der Waals surface area contributed by atoms with Gasteiger partial charge in [0, 0.05) is 10.4 Å². The maximum Gasteiger partial charge on any atom is 0.189 e. The summed E-state index contributed by atoms with van der Waals surface area (Å²) in [6, 6.07) is 4.06. The zero-order valence-electron chi connectivity index (χ0n) is 9.17. The Labute approximate surface area is 103 Å². The van der Waals surface area contributed by atoms with Crippen molar-refractivity contribution in [3.05, 3.63) is 20.8 Å². The Balaban J connectivity index is 2.51. The molecule has 0 aliphatic rings. The molecule has 0 saturated carbocycles. The van der Waals surface area contributed by atoms with E-state index in [1.54, 1.807) is 11.3 Å². The van der Waals surface area contributed by atoms with Crippen LogP contribution in [0, 0.1) is 0 Å². The quantitative estimate of drug-likeness (QED) is 0.650. The molecule has 0 bridgehead atoms. The molecule has 0 aromatic carbocycles. The van der Waals surface area contributed by atoms with Crippen LogP contribution >= 0.6 is 27.3 Å². The summed E-state index contributed by atoms with van der Waals surface area (Å²) in [5.41, 5.74) is 5.71. The van der Waals surface area contributed by atoms with Crippen LogP contribution in [0.3, 0.4) is 0 Å². The SMILES string of the molecule is CC(C)(C)NC(N)=NCc1ccc(Br)s1. The first kappa shape index (κ1) is 12.5. The zero-order valence-corrected chi connectivity index (χ0v) is 11.6. The van der Waals surface area contributed by atoms with Crippen LogP contribution in [-0.2, 0) is 6.54 Å². The van der Waals surface area contributed by atoms with Gasteiger partial charge >= 0.3 is 0 Å². The van der Waals surface area contributed by atoms with Gasteiger partial charge in [0.2, 0.25) is 0 Å². The number of nitrogens with two attached hydrogens (primary N) is 1. The minimum Gasteiger partial charge on any atom is -0.370 e. The molecule has 1 aromatic rings. The van der Waals surface area contributed by atoms with Crippen molar-refractivity contribution in [1.82, 2.24) is 5.32 Å². The smallest absolute Gasteiger partial charge is 0.189 e. The predicted molar refractivity (Wildman–Crippen MR) is 70.2 cm³/mol. The molecule has 15 heavy (non-hydrogen) atoms. The van der Waals surface area contributed by atoms with Crippen molar-refractivity contribution >= 4 is 33.2 Å². The second-order valence-electron chi connectivity index (χ2n) is 4.28. The van der Waals surface area contributed by atoms with Gasteiger partial charge in [-0.05, 0) is 48.8 Å². The molecular formula is C10H16BrN3S. The molecule has 0 fully saturated rings. The van der Waals surface area contributed by atoms with E-state index in [9.17, 15) is 0 Å². The second-order valence-corrected chi connectivity index (χ2v) is 6.83. The van der Waals surface area contributed by atoms with Gasteiger partial charge in [0.1, 0.15) is 0 Å². The van der Waals surface area contributed by atoms with Crippen molar-refractivity contribution in [2.24, 2.45) is 10.7 Å². The molecule has 0 aliphatic carbocycles. The summed E-state index contributed by atoms with van der Waals surface area (Å²) in [5, 5.41) is 3.12. The molecule has 0 saturated heterocycles. The normalized spacial score (nSPS) is 12.9. The Morgan fingerprint density at radius 2 is 2.20 bits per heavy atom. The van der Waals surface area contributed by atoms with Gasteiger partial charge in [-0.3, -0.25) is 0 Å². The summed E-state index contributed by atoms with van der Waals surface area (Å²) in [5.74, 6) is 0.493. The Hall–Kier alpha value is -0.550. The third kappa shape index (κ3) is 5.18. The molecule has 1 rings (SSSR count). The summed E-state index contributed by atoms with van der Waals surface area (Å²) in [7, 11) is 0. The molecule has 0 amide bonds. The highest BCUT2D eigenvalue weighted by Gasteiger charge is 2.09. The second kappa shape index (κ2) is 4.99. The third-order valence-electron chi connectivity index (χ3n) is 1.54. The number of hydrogen-bond donors (Lipinski definition) is 2. The van der Waals surface area contributed by atoms with Gasteiger partial charge in [0.05, 0.1) is 10.3 Å². The van der Waals surface area contributed by atoms with Crippen molar-refractivity contribution in [3.8, 4) is 0 Å². The third-order valence-corrected chi connectivity index (χ3v) is 3.15. The zero-order chi connectivity index (χ0) is 11.5. The van der Waals surface area contributed by atoms with E-state index in [2.05, 4.69) is 47.0 Å². The van der Waals surface area contributed by atoms with Crippen LogP contribution in [0.5, 0.6) is 0 Å². The molecule has 0 atom stereocenters. The fourth-order valence-corrected chi connectivity index (χ4v) is 2.43. The average molecular weight is 290 g/mol. The lowest BCUT2D eigenvalue weighted by Gasteiger charge is -2.20. The van der Waals surface area contributed by atoms with Crippen molar-refractivity contribution in [3.63, 3.8) is 0 Å². The molecular weight excluding hydrogens is 274 g/mol. The number of halogens is 1. The van der Waals surface area contributed by atoms with Crippen LogP contribution in [-0.4, -0.2) is 11.5 Å². The summed E-state index contributed by atoms with van der Waals surface area (Å²) >= 11 is 5.09. The molecule has 1 heterocycles. The monoisotopic (exact) mass is 289 g/mol. The molecule has 5 heteroatoms. The number of hydrogen-bond acceptors (Lipinski definition) is 2. The lowest BCUT2D eigenvalue weighted by molar-refractivity contribution is 0.508. The van der Waals surface area contributed by atoms with E-state index in [0.29, 0.717) is 12.5 Å². The van der Waals surface area contributed by atoms with Gasteiger partial charge in [-0.2, -0.15) is 0 Å². The number of nitrogens with one attached hydrogen (secondary N) is 1. The Morgan fingerprint density at radius 3 is 2.67 bits per heavy atom. The van der Waals surface area contributed by atoms with Gasteiger partial charge in [-0.1, -0.05) is 0 Å². The van der Waals surface area contributed by atoms with E-state index in [1.807, 2.05) is 12.1 Å². The van der Waals surface area contributed by atoms with Crippen molar-refractivity contribution < 1.29 is 0 Å². The van der Waals surface area contributed by atoms with Crippen molar-refractivity contribution in [2.45, 2.75) is 32.9 Å². The highest BCUT2D eigenvalue weighted by atomic mass is 79.9. The van der Waals surface area contributed by atoms with Crippen LogP contribution in [0.25, 0.3) is 0 Å². The van der Waals surface area contributed by atoms with Gasteiger partial charge in [-0.25, -0.2) is 4.99 Å². The first-order valence-electron chi connectivity index (χ1n) is 4.69. The maximum absolute atomic E-state index is 5.75. The predicted octanol–water partition coefficient (Wildman–Crippen LogP) is 2.71. The Morgan fingerprint density at radius 1 is 1.53 bits per heavy atom. The topological polar surface area (TPSA) is 50.4 Å². The largest absolute Gasteiger partial charge is 0.370 e. The first-order valence-corrected chi connectivity index (χ1v) is 6.30. The van der Waals surface area contributed by atoms with E-state index >= 15 is 0 Å². The highest BCUT2D eigenvalue weighted by Crippen LogP contribution is 2.22. The van der Waals surface area contributed by atoms with E-state index in [1.165, 1.54) is 4.88 Å².